The molecule has 1 aromatic carbocycles. The van der Waals surface area contributed by atoms with Crippen LogP contribution in [0.3, 0.4) is 0 Å². The smallest absolute Gasteiger partial charge is 0.229 e. The summed E-state index contributed by atoms with van der Waals surface area (Å²) < 4.78 is 13.6. The third-order valence-electron chi connectivity index (χ3n) is 4.14. The van der Waals surface area contributed by atoms with Crippen molar-refractivity contribution in [2.24, 2.45) is 5.92 Å². The summed E-state index contributed by atoms with van der Waals surface area (Å²) >= 11 is 0. The van der Waals surface area contributed by atoms with Gasteiger partial charge < -0.3 is 10.6 Å². The minimum atomic E-state index is -0.156. The number of hydrogen-bond donors (Lipinski definition) is 2. The Hall–Kier alpha value is -1.13. The van der Waals surface area contributed by atoms with Crippen molar-refractivity contribution in [3.63, 3.8) is 0 Å². The van der Waals surface area contributed by atoms with Gasteiger partial charge in [0.1, 0.15) is 5.82 Å². The van der Waals surface area contributed by atoms with Gasteiger partial charge in [-0.2, -0.15) is 0 Å². The van der Waals surface area contributed by atoms with Crippen molar-refractivity contribution in [3.05, 3.63) is 29.6 Å². The van der Waals surface area contributed by atoms with Crippen molar-refractivity contribution in [1.29, 1.82) is 0 Å². The number of hydrogen-bond acceptors (Lipinski definition) is 2. The molecule has 0 radical (unpaired) electrons. The maximum atomic E-state index is 13.6. The molecule has 2 atom stereocenters. The summed E-state index contributed by atoms with van der Waals surface area (Å²) in [7, 11) is 0. The number of anilines is 1. The van der Waals surface area contributed by atoms with E-state index in [2.05, 4.69) is 10.6 Å². The highest BCUT2D eigenvalue weighted by atomic mass is 35.5. The van der Waals surface area contributed by atoms with E-state index in [4.69, 9.17) is 0 Å². The topological polar surface area (TPSA) is 41.1 Å². The molecular formula is C15H20ClFN2O. The summed E-state index contributed by atoms with van der Waals surface area (Å²) in [6, 6.07) is 5.10. The molecule has 2 aliphatic rings. The zero-order chi connectivity index (χ0) is 13.4. The lowest BCUT2D eigenvalue weighted by Crippen LogP contribution is -2.32. The number of carbonyl (C=O) groups is 1. The van der Waals surface area contributed by atoms with Crippen LogP contribution in [0, 0.1) is 11.7 Å². The molecule has 0 aromatic heterocycles. The molecule has 110 valence electrons. The summed E-state index contributed by atoms with van der Waals surface area (Å²) in [4.78, 5) is 12.2. The lowest BCUT2D eigenvalue weighted by atomic mass is 10.0. The van der Waals surface area contributed by atoms with Crippen molar-refractivity contribution in [2.45, 2.75) is 38.1 Å². The first kappa shape index (κ1) is 15.3. The zero-order valence-electron chi connectivity index (χ0n) is 11.5. The van der Waals surface area contributed by atoms with Gasteiger partial charge in [0.15, 0.2) is 0 Å². The summed E-state index contributed by atoms with van der Waals surface area (Å²) in [5.74, 6) is 0.237. The molecule has 5 heteroatoms. The number of rotatable bonds is 3. The number of carbonyl (C=O) groups excluding carboxylic acids is 1. The maximum absolute atomic E-state index is 13.6. The minimum absolute atomic E-state index is 0. The molecule has 3 nitrogen and oxygen atoms in total. The quantitative estimate of drug-likeness (QED) is 0.900. The van der Waals surface area contributed by atoms with E-state index in [0.717, 1.165) is 31.4 Å². The number of amides is 1. The van der Waals surface area contributed by atoms with Gasteiger partial charge in [0.25, 0.3) is 0 Å². The highest BCUT2D eigenvalue weighted by Gasteiger charge is 2.30. The first-order valence-corrected chi connectivity index (χ1v) is 6.99. The number of nitrogens with one attached hydrogen (secondary N) is 2. The molecule has 20 heavy (non-hydrogen) atoms. The second-order valence-electron chi connectivity index (χ2n) is 5.64. The Morgan fingerprint density at radius 3 is 2.70 bits per heavy atom. The summed E-state index contributed by atoms with van der Waals surface area (Å²) in [5, 5.41) is 6.18. The SMILES string of the molecule is C[C@@H]1NCC[C@@H]1C(=O)Nc1ccc(F)c(C2CC2)c1.Cl. The van der Waals surface area contributed by atoms with Crippen molar-refractivity contribution in [3.8, 4) is 0 Å². The van der Waals surface area contributed by atoms with Gasteiger partial charge >= 0.3 is 0 Å². The molecule has 0 bridgehead atoms. The Kier molecular flexibility index (Phi) is 4.66. The van der Waals surface area contributed by atoms with E-state index in [1.165, 1.54) is 6.07 Å². The fourth-order valence-electron chi connectivity index (χ4n) is 2.78. The largest absolute Gasteiger partial charge is 0.326 e. The van der Waals surface area contributed by atoms with E-state index in [1.54, 1.807) is 12.1 Å². The highest BCUT2D eigenvalue weighted by Crippen LogP contribution is 2.42. The van der Waals surface area contributed by atoms with E-state index < -0.39 is 0 Å². The highest BCUT2D eigenvalue weighted by molar-refractivity contribution is 5.93. The number of benzene rings is 1. The Morgan fingerprint density at radius 2 is 2.10 bits per heavy atom. The molecule has 2 fully saturated rings. The van der Waals surface area contributed by atoms with Crippen LogP contribution in [0.15, 0.2) is 18.2 Å². The maximum Gasteiger partial charge on any atom is 0.229 e. The Bertz CT molecular complexity index is 505. The lowest BCUT2D eigenvalue weighted by Gasteiger charge is -2.15. The summed E-state index contributed by atoms with van der Waals surface area (Å²) in [6.45, 7) is 2.91. The van der Waals surface area contributed by atoms with Crippen molar-refractivity contribution in [1.82, 2.24) is 5.32 Å². The predicted octanol–water partition coefficient (Wildman–Crippen LogP) is 3.06. The average Bonchev–Trinajstić information content (AvgIpc) is 3.13. The van der Waals surface area contributed by atoms with E-state index >= 15 is 0 Å². The molecule has 1 amide bonds. The van der Waals surface area contributed by atoms with Crippen LogP contribution in [0.5, 0.6) is 0 Å². The monoisotopic (exact) mass is 298 g/mol. The molecule has 1 aliphatic carbocycles. The fraction of sp³-hybridized carbons (Fsp3) is 0.533. The lowest BCUT2D eigenvalue weighted by molar-refractivity contribution is -0.120. The third kappa shape index (κ3) is 3.13. The molecule has 1 aromatic rings. The van der Waals surface area contributed by atoms with Gasteiger partial charge in [0, 0.05) is 11.7 Å². The average molecular weight is 299 g/mol. The van der Waals surface area contributed by atoms with Crippen LogP contribution in [-0.4, -0.2) is 18.5 Å². The third-order valence-corrected chi connectivity index (χ3v) is 4.14. The van der Waals surface area contributed by atoms with Gasteiger partial charge in [-0.25, -0.2) is 4.39 Å². The Labute approximate surface area is 124 Å². The van der Waals surface area contributed by atoms with Crippen LogP contribution in [0.1, 0.15) is 37.7 Å². The van der Waals surface area contributed by atoms with Crippen LogP contribution in [-0.2, 0) is 4.79 Å². The van der Waals surface area contributed by atoms with Gasteiger partial charge in [-0.15, -0.1) is 12.4 Å². The second kappa shape index (κ2) is 6.10. The van der Waals surface area contributed by atoms with Crippen LogP contribution in [0.2, 0.25) is 0 Å². The van der Waals surface area contributed by atoms with Gasteiger partial charge in [0.05, 0.1) is 5.92 Å². The predicted molar refractivity (Wildman–Crippen MR) is 79.8 cm³/mol. The zero-order valence-corrected chi connectivity index (χ0v) is 12.3. The molecule has 0 spiro atoms. The molecule has 1 saturated carbocycles. The van der Waals surface area contributed by atoms with E-state index in [1.807, 2.05) is 6.92 Å². The minimum Gasteiger partial charge on any atom is -0.326 e. The van der Waals surface area contributed by atoms with Gasteiger partial charge in [-0.05, 0) is 62.4 Å². The normalized spacial score (nSPS) is 25.1. The molecule has 2 N–H and O–H groups in total. The van der Waals surface area contributed by atoms with E-state index in [0.29, 0.717) is 11.6 Å². The van der Waals surface area contributed by atoms with Crippen molar-refractivity contribution >= 4 is 24.0 Å². The van der Waals surface area contributed by atoms with Crippen molar-refractivity contribution < 1.29 is 9.18 Å². The van der Waals surface area contributed by atoms with E-state index in [9.17, 15) is 9.18 Å². The van der Waals surface area contributed by atoms with Crippen LogP contribution in [0.25, 0.3) is 0 Å². The first-order chi connectivity index (χ1) is 9.15. The van der Waals surface area contributed by atoms with Crippen LogP contribution >= 0.6 is 12.4 Å². The van der Waals surface area contributed by atoms with Crippen LogP contribution < -0.4 is 10.6 Å². The fourth-order valence-corrected chi connectivity index (χ4v) is 2.78. The van der Waals surface area contributed by atoms with Crippen LogP contribution in [0.4, 0.5) is 10.1 Å². The Morgan fingerprint density at radius 1 is 1.35 bits per heavy atom. The first-order valence-electron chi connectivity index (χ1n) is 6.99. The standard InChI is InChI=1S/C15H19FN2O.ClH/c1-9-12(6-7-17-9)15(19)18-11-4-5-14(16)13(8-11)10-2-3-10;/h4-5,8-10,12,17H,2-3,6-7H2,1H3,(H,18,19);1H/t9-,12-;/m0./s1. The number of halogens is 2. The molecule has 0 unspecified atom stereocenters. The molecule has 1 aliphatic heterocycles. The van der Waals surface area contributed by atoms with E-state index in [-0.39, 0.29) is 36.1 Å². The molecule has 3 rings (SSSR count). The summed E-state index contributed by atoms with van der Waals surface area (Å²) in [6.07, 6.45) is 2.97. The summed E-state index contributed by atoms with van der Waals surface area (Å²) in [5.41, 5.74) is 1.46. The van der Waals surface area contributed by atoms with Gasteiger partial charge in [-0.3, -0.25) is 4.79 Å². The van der Waals surface area contributed by atoms with Gasteiger partial charge in [0.2, 0.25) is 5.91 Å². The molecule has 1 heterocycles. The molecule has 1 saturated heterocycles. The van der Waals surface area contributed by atoms with Gasteiger partial charge in [-0.1, -0.05) is 0 Å². The van der Waals surface area contributed by atoms with Crippen molar-refractivity contribution in [2.75, 3.05) is 11.9 Å². The molecular weight excluding hydrogens is 279 g/mol. The Balaban J connectivity index is 0.00000147. The second-order valence-corrected chi connectivity index (χ2v) is 5.64.